The van der Waals surface area contributed by atoms with Gasteiger partial charge in [0.25, 0.3) is 5.69 Å². The average molecular weight is 274 g/mol. The lowest BCUT2D eigenvalue weighted by atomic mass is 10.0. The number of benzene rings is 1. The van der Waals surface area contributed by atoms with Crippen LogP contribution in [0.4, 0.5) is 5.69 Å². The van der Waals surface area contributed by atoms with Gasteiger partial charge in [0.2, 0.25) is 0 Å². The second-order valence-electron chi connectivity index (χ2n) is 2.84. The number of aromatic carboxylic acids is 1. The largest absolute Gasteiger partial charge is 0.478 e. The Morgan fingerprint density at radius 3 is 2.60 bits per heavy atom. The summed E-state index contributed by atoms with van der Waals surface area (Å²) < 4.78 is 0.300. The Bertz CT molecular complexity index is 430. The molecule has 0 aliphatic carbocycles. The van der Waals surface area contributed by atoms with Crippen LogP contribution in [0.3, 0.4) is 0 Å². The Morgan fingerprint density at radius 1 is 1.60 bits per heavy atom. The summed E-state index contributed by atoms with van der Waals surface area (Å²) in [6.45, 7) is 1.68. The van der Waals surface area contributed by atoms with Gasteiger partial charge in [-0.1, -0.05) is 6.92 Å². The molecule has 0 saturated heterocycles. The van der Waals surface area contributed by atoms with E-state index in [9.17, 15) is 14.9 Å². The summed E-state index contributed by atoms with van der Waals surface area (Å²) in [5, 5.41) is 19.6. The minimum Gasteiger partial charge on any atom is -0.478 e. The average Bonchev–Trinajstić information content (AvgIpc) is 2.15. The highest BCUT2D eigenvalue weighted by Gasteiger charge is 2.23. The van der Waals surface area contributed by atoms with Crippen molar-refractivity contribution in [3.63, 3.8) is 0 Å². The van der Waals surface area contributed by atoms with Gasteiger partial charge in [-0.25, -0.2) is 4.79 Å². The molecule has 15 heavy (non-hydrogen) atoms. The molecule has 0 saturated carbocycles. The van der Waals surface area contributed by atoms with Gasteiger partial charge in [0, 0.05) is 5.56 Å². The summed E-state index contributed by atoms with van der Waals surface area (Å²) in [5.74, 6) is -1.15. The molecule has 1 N–H and O–H groups in total. The molecule has 0 unspecified atom stereocenters. The van der Waals surface area contributed by atoms with Crippen molar-refractivity contribution >= 4 is 27.6 Å². The number of halogens is 1. The van der Waals surface area contributed by atoms with E-state index in [0.717, 1.165) is 0 Å². The standard InChI is InChI=1S/C9H8BrNO4/c1-2-5-6(9(12)13)3-4-7(10)8(5)11(14)15/h3-4H,2H2,1H3,(H,12,13). The highest BCUT2D eigenvalue weighted by atomic mass is 79.9. The first-order valence-electron chi connectivity index (χ1n) is 4.18. The third kappa shape index (κ3) is 2.15. The van der Waals surface area contributed by atoms with Crippen LogP contribution in [0.25, 0.3) is 0 Å². The number of hydrogen-bond donors (Lipinski definition) is 1. The number of carbonyl (C=O) groups is 1. The van der Waals surface area contributed by atoms with Crippen LogP contribution in [-0.4, -0.2) is 16.0 Å². The fourth-order valence-corrected chi connectivity index (χ4v) is 1.88. The molecule has 5 nitrogen and oxygen atoms in total. The molecule has 0 bridgehead atoms. The van der Waals surface area contributed by atoms with Crippen molar-refractivity contribution in [1.29, 1.82) is 0 Å². The molecule has 6 heteroatoms. The van der Waals surface area contributed by atoms with Crippen molar-refractivity contribution < 1.29 is 14.8 Å². The van der Waals surface area contributed by atoms with Crippen molar-refractivity contribution in [3.8, 4) is 0 Å². The van der Waals surface area contributed by atoms with E-state index in [2.05, 4.69) is 15.9 Å². The van der Waals surface area contributed by atoms with Crippen LogP contribution in [0.5, 0.6) is 0 Å². The molecule has 1 rings (SSSR count). The fraction of sp³-hybridized carbons (Fsp3) is 0.222. The zero-order valence-electron chi connectivity index (χ0n) is 7.86. The summed E-state index contributed by atoms with van der Waals surface area (Å²) in [6, 6.07) is 2.74. The lowest BCUT2D eigenvalue weighted by Crippen LogP contribution is -2.05. The summed E-state index contributed by atoms with van der Waals surface area (Å²) in [6.07, 6.45) is 0.303. The third-order valence-corrected chi connectivity index (χ3v) is 2.64. The molecule has 0 heterocycles. The van der Waals surface area contributed by atoms with E-state index in [1.54, 1.807) is 6.92 Å². The van der Waals surface area contributed by atoms with Gasteiger partial charge in [-0.15, -0.1) is 0 Å². The van der Waals surface area contributed by atoms with Crippen LogP contribution in [0, 0.1) is 10.1 Å². The topological polar surface area (TPSA) is 80.4 Å². The van der Waals surface area contributed by atoms with Gasteiger partial charge in [0.1, 0.15) is 0 Å². The van der Waals surface area contributed by atoms with E-state index in [-0.39, 0.29) is 16.8 Å². The Labute approximate surface area is 94.0 Å². The van der Waals surface area contributed by atoms with Crippen LogP contribution in [-0.2, 0) is 6.42 Å². The van der Waals surface area contributed by atoms with E-state index >= 15 is 0 Å². The molecule has 1 aromatic carbocycles. The molecular weight excluding hydrogens is 266 g/mol. The van der Waals surface area contributed by atoms with E-state index < -0.39 is 10.9 Å². The molecule has 0 aliphatic rings. The zero-order chi connectivity index (χ0) is 11.6. The Balaban J connectivity index is 3.54. The number of nitro groups is 1. The molecule has 80 valence electrons. The molecule has 0 amide bonds. The first-order chi connectivity index (χ1) is 6.99. The maximum Gasteiger partial charge on any atom is 0.336 e. The quantitative estimate of drug-likeness (QED) is 0.678. The number of rotatable bonds is 3. The molecular formula is C9H8BrNO4. The first kappa shape index (κ1) is 11.6. The maximum absolute atomic E-state index is 10.8. The van der Waals surface area contributed by atoms with E-state index in [1.807, 2.05) is 0 Å². The molecule has 0 aliphatic heterocycles. The Morgan fingerprint density at radius 2 is 2.20 bits per heavy atom. The second-order valence-corrected chi connectivity index (χ2v) is 3.69. The third-order valence-electron chi connectivity index (χ3n) is 2.00. The van der Waals surface area contributed by atoms with Crippen LogP contribution in [0.1, 0.15) is 22.8 Å². The van der Waals surface area contributed by atoms with Gasteiger partial charge in [-0.3, -0.25) is 10.1 Å². The second kappa shape index (κ2) is 4.39. The number of nitrogens with zero attached hydrogens (tertiary/aromatic N) is 1. The number of hydrogen-bond acceptors (Lipinski definition) is 3. The minimum absolute atomic E-state index is 0.0209. The van der Waals surface area contributed by atoms with E-state index in [0.29, 0.717) is 10.9 Å². The van der Waals surface area contributed by atoms with Gasteiger partial charge in [-0.05, 0) is 34.5 Å². The van der Waals surface area contributed by atoms with Gasteiger partial charge in [-0.2, -0.15) is 0 Å². The fourth-order valence-electron chi connectivity index (χ4n) is 1.36. The smallest absolute Gasteiger partial charge is 0.336 e. The lowest BCUT2D eigenvalue weighted by molar-refractivity contribution is -0.386. The highest BCUT2D eigenvalue weighted by molar-refractivity contribution is 9.10. The first-order valence-corrected chi connectivity index (χ1v) is 4.97. The predicted octanol–water partition coefficient (Wildman–Crippen LogP) is 2.62. The summed E-state index contributed by atoms with van der Waals surface area (Å²) in [7, 11) is 0. The minimum atomic E-state index is -1.15. The number of carboxylic acid groups (broad SMARTS) is 1. The van der Waals surface area contributed by atoms with Crippen LogP contribution < -0.4 is 0 Å². The lowest BCUT2D eigenvalue weighted by Gasteiger charge is -2.05. The normalized spacial score (nSPS) is 10.0. The zero-order valence-corrected chi connectivity index (χ0v) is 9.44. The highest BCUT2D eigenvalue weighted by Crippen LogP contribution is 2.31. The molecule has 0 aromatic heterocycles. The van der Waals surface area contributed by atoms with Gasteiger partial charge in [0.15, 0.2) is 0 Å². The van der Waals surface area contributed by atoms with Crippen molar-refractivity contribution in [1.82, 2.24) is 0 Å². The van der Waals surface area contributed by atoms with E-state index in [4.69, 9.17) is 5.11 Å². The van der Waals surface area contributed by atoms with Crippen LogP contribution in [0.2, 0.25) is 0 Å². The molecule has 0 fully saturated rings. The van der Waals surface area contributed by atoms with Gasteiger partial charge >= 0.3 is 5.97 Å². The summed E-state index contributed by atoms with van der Waals surface area (Å²) in [4.78, 5) is 21.0. The monoisotopic (exact) mass is 273 g/mol. The summed E-state index contributed by atoms with van der Waals surface area (Å²) in [5.41, 5.74) is 0.0478. The Kier molecular flexibility index (Phi) is 3.41. The molecule has 1 aromatic rings. The van der Waals surface area contributed by atoms with Crippen molar-refractivity contribution in [2.45, 2.75) is 13.3 Å². The van der Waals surface area contributed by atoms with Gasteiger partial charge in [0.05, 0.1) is 15.0 Å². The van der Waals surface area contributed by atoms with Crippen molar-refractivity contribution in [3.05, 3.63) is 37.8 Å². The van der Waals surface area contributed by atoms with Crippen molar-refractivity contribution in [2.24, 2.45) is 0 Å². The predicted molar refractivity (Wildman–Crippen MR) is 57.1 cm³/mol. The molecule has 0 radical (unpaired) electrons. The van der Waals surface area contributed by atoms with Gasteiger partial charge < -0.3 is 5.11 Å². The van der Waals surface area contributed by atoms with Crippen LogP contribution in [0.15, 0.2) is 16.6 Å². The van der Waals surface area contributed by atoms with E-state index in [1.165, 1.54) is 12.1 Å². The molecule has 0 spiro atoms. The molecule has 0 atom stereocenters. The summed E-state index contributed by atoms with van der Waals surface area (Å²) >= 11 is 3.04. The SMILES string of the molecule is CCc1c(C(=O)O)ccc(Br)c1[N+](=O)[O-]. The van der Waals surface area contributed by atoms with Crippen molar-refractivity contribution in [2.75, 3.05) is 0 Å². The van der Waals surface area contributed by atoms with Crippen LogP contribution >= 0.6 is 15.9 Å². The number of nitro benzene ring substituents is 1. The Hall–Kier alpha value is -1.43. The number of carboxylic acids is 1. The maximum atomic E-state index is 10.8.